The molecule has 6 nitrogen and oxygen atoms in total. The number of benzene rings is 2. The predicted molar refractivity (Wildman–Crippen MR) is 120 cm³/mol. The van der Waals surface area contributed by atoms with Gasteiger partial charge in [0.1, 0.15) is 6.54 Å². The lowest BCUT2D eigenvalue weighted by Crippen LogP contribution is -2.44. The zero-order valence-corrected chi connectivity index (χ0v) is 18.1. The van der Waals surface area contributed by atoms with E-state index in [2.05, 4.69) is 0 Å². The fourth-order valence-corrected chi connectivity index (χ4v) is 3.70. The van der Waals surface area contributed by atoms with Gasteiger partial charge in [0.05, 0.1) is 17.4 Å². The average Bonchev–Trinajstić information content (AvgIpc) is 2.75. The Balaban J connectivity index is 2.09. The van der Waals surface area contributed by atoms with Crippen LogP contribution in [0.3, 0.4) is 0 Å². The number of rotatable bonds is 8. The number of carbonyl (C=O) groups excluding carboxylic acids is 1. The molecule has 0 bridgehead atoms. The van der Waals surface area contributed by atoms with Gasteiger partial charge in [-0.3, -0.25) is 18.7 Å². The molecule has 30 heavy (non-hydrogen) atoms. The summed E-state index contributed by atoms with van der Waals surface area (Å²) in [6.45, 7) is 5.34. The van der Waals surface area contributed by atoms with Gasteiger partial charge in [0, 0.05) is 18.1 Å². The number of fused-ring (bicyclic) bond motifs is 1. The van der Waals surface area contributed by atoms with Crippen molar-refractivity contribution >= 4 is 28.4 Å². The van der Waals surface area contributed by atoms with E-state index in [1.807, 2.05) is 13.8 Å². The molecule has 0 saturated heterocycles. The second-order valence-corrected chi connectivity index (χ2v) is 7.72. The minimum atomic E-state index is -0.491. The number of aromatic nitrogens is 2. The molecule has 0 atom stereocenters. The Morgan fingerprint density at radius 3 is 2.20 bits per heavy atom. The summed E-state index contributed by atoms with van der Waals surface area (Å²) in [6.07, 6.45) is 1.69. The number of hydrogen-bond donors (Lipinski definition) is 0. The van der Waals surface area contributed by atoms with Gasteiger partial charge in [0.15, 0.2) is 0 Å². The average molecular weight is 428 g/mol. The minimum Gasteiger partial charge on any atom is -0.341 e. The maximum Gasteiger partial charge on any atom is 0.332 e. The van der Waals surface area contributed by atoms with Crippen molar-refractivity contribution in [2.45, 2.75) is 39.8 Å². The molecule has 2 aromatic carbocycles. The molecule has 0 spiro atoms. The number of halogens is 1. The summed E-state index contributed by atoms with van der Waals surface area (Å²) in [6, 6.07) is 13.9. The molecule has 158 valence electrons. The first-order valence-corrected chi connectivity index (χ1v) is 10.6. The third-order valence-corrected chi connectivity index (χ3v) is 5.27. The Hall–Kier alpha value is -2.86. The highest BCUT2D eigenvalue weighted by atomic mass is 35.5. The van der Waals surface area contributed by atoms with Crippen LogP contribution in [0.15, 0.2) is 58.1 Å². The fraction of sp³-hybridized carbons (Fsp3) is 0.348. The zero-order chi connectivity index (χ0) is 21.7. The highest BCUT2D eigenvalue weighted by Gasteiger charge is 2.18. The smallest absolute Gasteiger partial charge is 0.332 e. The first kappa shape index (κ1) is 21.8. The summed E-state index contributed by atoms with van der Waals surface area (Å²) in [5.41, 5.74) is 0.398. The van der Waals surface area contributed by atoms with Crippen molar-refractivity contribution in [3.8, 4) is 0 Å². The molecule has 0 radical (unpaired) electrons. The Morgan fingerprint density at radius 1 is 0.933 bits per heavy atom. The summed E-state index contributed by atoms with van der Waals surface area (Å²) in [5.74, 6) is -0.123. The third kappa shape index (κ3) is 4.65. The monoisotopic (exact) mass is 427 g/mol. The van der Waals surface area contributed by atoms with Crippen molar-refractivity contribution in [3.63, 3.8) is 0 Å². The highest BCUT2D eigenvalue weighted by Crippen LogP contribution is 2.12. The number of carbonyl (C=O) groups is 1. The molecule has 0 N–H and O–H groups in total. The van der Waals surface area contributed by atoms with Crippen LogP contribution in [0.25, 0.3) is 10.9 Å². The van der Waals surface area contributed by atoms with Gasteiger partial charge in [-0.25, -0.2) is 4.79 Å². The molecule has 0 aliphatic heterocycles. The van der Waals surface area contributed by atoms with Crippen LogP contribution >= 0.6 is 11.6 Å². The van der Waals surface area contributed by atoms with Crippen molar-refractivity contribution in [1.82, 2.24) is 14.0 Å². The largest absolute Gasteiger partial charge is 0.341 e. The van der Waals surface area contributed by atoms with E-state index in [4.69, 9.17) is 11.6 Å². The second kappa shape index (κ2) is 9.76. The molecule has 3 rings (SSSR count). The lowest BCUT2D eigenvalue weighted by molar-refractivity contribution is -0.131. The van der Waals surface area contributed by atoms with Gasteiger partial charge in [0.2, 0.25) is 5.91 Å². The molecule has 1 amide bonds. The number of hydrogen-bond acceptors (Lipinski definition) is 3. The topological polar surface area (TPSA) is 64.3 Å². The molecule has 1 heterocycles. The van der Waals surface area contributed by atoms with Crippen molar-refractivity contribution < 1.29 is 4.79 Å². The summed E-state index contributed by atoms with van der Waals surface area (Å²) >= 11 is 5.94. The summed E-state index contributed by atoms with van der Waals surface area (Å²) in [5, 5.41) is 0.996. The van der Waals surface area contributed by atoms with Crippen LogP contribution in [0.4, 0.5) is 0 Å². The molecule has 1 aromatic heterocycles. The molecule has 3 aromatic rings. The molecule has 7 heteroatoms. The predicted octanol–water partition coefficient (Wildman–Crippen LogP) is 3.51. The zero-order valence-electron chi connectivity index (χ0n) is 17.3. The normalized spacial score (nSPS) is 11.0. The van der Waals surface area contributed by atoms with E-state index in [0.29, 0.717) is 29.0 Å². The third-order valence-electron chi connectivity index (χ3n) is 5.02. The molecule has 0 fully saturated rings. The number of amides is 1. The van der Waals surface area contributed by atoms with Crippen LogP contribution in [-0.4, -0.2) is 33.0 Å². The Bertz CT molecular complexity index is 1140. The van der Waals surface area contributed by atoms with Crippen molar-refractivity contribution in [2.24, 2.45) is 0 Å². The van der Waals surface area contributed by atoms with Gasteiger partial charge < -0.3 is 4.90 Å². The van der Waals surface area contributed by atoms with Gasteiger partial charge in [-0.05, 0) is 42.7 Å². The molecular weight excluding hydrogens is 402 g/mol. The quantitative estimate of drug-likeness (QED) is 0.552. The van der Waals surface area contributed by atoms with Gasteiger partial charge in [-0.15, -0.1) is 0 Å². The highest BCUT2D eigenvalue weighted by molar-refractivity contribution is 6.30. The van der Waals surface area contributed by atoms with E-state index >= 15 is 0 Å². The Kier molecular flexibility index (Phi) is 7.11. The minimum absolute atomic E-state index is 0.0970. The van der Waals surface area contributed by atoms with E-state index in [-0.39, 0.29) is 24.6 Å². The van der Waals surface area contributed by atoms with Gasteiger partial charge >= 0.3 is 5.69 Å². The Morgan fingerprint density at radius 2 is 1.57 bits per heavy atom. The first-order valence-electron chi connectivity index (χ1n) is 10.2. The van der Waals surface area contributed by atoms with Gasteiger partial charge in [0.25, 0.3) is 5.56 Å². The van der Waals surface area contributed by atoms with E-state index in [1.54, 1.807) is 53.4 Å². The lowest BCUT2D eigenvalue weighted by Gasteiger charge is -2.22. The van der Waals surface area contributed by atoms with Crippen LogP contribution in [0.2, 0.25) is 5.02 Å². The van der Waals surface area contributed by atoms with Crippen LogP contribution in [0.1, 0.15) is 32.3 Å². The molecular formula is C23H26ClN3O3. The maximum atomic E-state index is 13.3. The number of para-hydroxylation sites is 1. The summed E-state index contributed by atoms with van der Waals surface area (Å²) in [4.78, 5) is 41.0. The van der Waals surface area contributed by atoms with Gasteiger partial charge in [-0.2, -0.15) is 0 Å². The van der Waals surface area contributed by atoms with Crippen LogP contribution in [0, 0.1) is 0 Å². The fourth-order valence-electron chi connectivity index (χ4n) is 3.57. The van der Waals surface area contributed by atoms with E-state index < -0.39 is 5.69 Å². The van der Waals surface area contributed by atoms with E-state index in [9.17, 15) is 14.4 Å². The van der Waals surface area contributed by atoms with Crippen LogP contribution < -0.4 is 11.2 Å². The molecule has 0 unspecified atom stereocenters. The van der Waals surface area contributed by atoms with Gasteiger partial charge in [-0.1, -0.05) is 49.7 Å². The van der Waals surface area contributed by atoms with Crippen molar-refractivity contribution in [3.05, 3.63) is 80.0 Å². The SMILES string of the molecule is CCCN(CCC)C(=O)Cn1c(=O)n(Cc2ccc(Cl)cc2)c(=O)c2ccccc21. The van der Waals surface area contributed by atoms with Crippen LogP contribution in [-0.2, 0) is 17.9 Å². The molecule has 0 aliphatic carbocycles. The summed E-state index contributed by atoms with van der Waals surface area (Å²) < 4.78 is 2.59. The van der Waals surface area contributed by atoms with E-state index in [1.165, 1.54) is 9.13 Å². The standard InChI is InChI=1S/C23H26ClN3O3/c1-3-13-25(14-4-2)21(28)16-26-20-8-6-5-7-19(20)22(29)27(23(26)30)15-17-9-11-18(24)12-10-17/h5-12H,3-4,13-16H2,1-2H3. The molecule has 0 saturated carbocycles. The van der Waals surface area contributed by atoms with E-state index in [0.717, 1.165) is 18.4 Å². The maximum absolute atomic E-state index is 13.3. The second-order valence-electron chi connectivity index (χ2n) is 7.28. The van der Waals surface area contributed by atoms with Crippen LogP contribution in [0.5, 0.6) is 0 Å². The first-order chi connectivity index (χ1) is 14.5. The number of nitrogens with zero attached hydrogens (tertiary/aromatic N) is 3. The molecule has 0 aliphatic rings. The summed E-state index contributed by atoms with van der Waals surface area (Å²) in [7, 11) is 0. The Labute approximate surface area is 180 Å². The van der Waals surface area contributed by atoms with Crippen molar-refractivity contribution in [1.29, 1.82) is 0 Å². The lowest BCUT2D eigenvalue weighted by atomic mass is 10.2. The van der Waals surface area contributed by atoms with Crippen molar-refractivity contribution in [2.75, 3.05) is 13.1 Å².